The molecule has 5 heteroatoms. The van der Waals surface area contributed by atoms with E-state index in [-0.39, 0.29) is 18.9 Å². The molecule has 0 spiro atoms. The average Bonchev–Trinajstić information content (AvgIpc) is 2.30. The quantitative estimate of drug-likeness (QED) is 0.354. The van der Waals surface area contributed by atoms with Gasteiger partial charge in [-0.1, -0.05) is 0 Å². The maximum Gasteiger partial charge on any atom is 0.245 e. The van der Waals surface area contributed by atoms with Crippen LogP contribution < -0.4 is 4.73 Å². The zero-order chi connectivity index (χ0) is 7.56. The van der Waals surface area contributed by atoms with E-state index in [1.165, 1.54) is 0 Å². The molecule has 0 saturated heterocycles. The normalized spacial score (nSPS) is 10.2. The lowest BCUT2D eigenvalue weighted by molar-refractivity contribution is -0.614. The van der Waals surface area contributed by atoms with E-state index in [2.05, 4.69) is 4.98 Å². The molecule has 0 bridgehead atoms. The number of aromatic nitrogens is 2. The predicted molar refractivity (Wildman–Crippen MR) is 31.6 cm³/mol. The highest BCUT2D eigenvalue weighted by molar-refractivity contribution is 5.02. The number of nitrogens with one attached hydrogen (secondary N) is 1. The van der Waals surface area contributed by atoms with Crippen molar-refractivity contribution in [3.63, 3.8) is 0 Å². The third-order valence-electron chi connectivity index (χ3n) is 1.28. The van der Waals surface area contributed by atoms with Gasteiger partial charge in [0.1, 0.15) is 13.2 Å². The first kappa shape index (κ1) is 7.04. The van der Waals surface area contributed by atoms with Crippen LogP contribution in [0.3, 0.4) is 0 Å². The molecule has 3 N–H and O–H groups in total. The van der Waals surface area contributed by atoms with Gasteiger partial charge in [0, 0.05) is 0 Å². The fourth-order valence-electron chi connectivity index (χ4n) is 0.733. The van der Waals surface area contributed by atoms with E-state index in [9.17, 15) is 5.21 Å². The van der Waals surface area contributed by atoms with Gasteiger partial charge in [-0.3, -0.25) is 0 Å². The third-order valence-corrected chi connectivity index (χ3v) is 1.28. The van der Waals surface area contributed by atoms with E-state index in [0.717, 1.165) is 6.33 Å². The number of hydrogen-bond donors (Lipinski definition) is 3. The number of hydrogen-bond acceptors (Lipinski definition) is 3. The maximum absolute atomic E-state index is 10.6. The highest BCUT2D eigenvalue weighted by Crippen LogP contribution is 1.98. The Hall–Kier alpha value is -1.07. The number of aliphatic hydroxyl groups excluding tert-OH is 2. The molecule has 1 aromatic heterocycles. The molecular formula is C5H8N2O3. The fourth-order valence-corrected chi connectivity index (χ4v) is 0.733. The smallest absolute Gasteiger partial charge is 0.245 e. The molecule has 10 heavy (non-hydrogen) atoms. The Labute approximate surface area is 57.1 Å². The second-order valence-corrected chi connectivity index (χ2v) is 1.84. The molecule has 0 unspecified atom stereocenters. The molecule has 1 heterocycles. The monoisotopic (exact) mass is 144 g/mol. The topological polar surface area (TPSA) is 83.2 Å². The number of aliphatic hydroxyl groups is 2. The lowest BCUT2D eigenvalue weighted by Crippen LogP contribution is -2.28. The van der Waals surface area contributed by atoms with Gasteiger partial charge < -0.3 is 15.4 Å². The summed E-state index contributed by atoms with van der Waals surface area (Å²) in [4.78, 5) is 2.52. The lowest BCUT2D eigenvalue weighted by Gasteiger charge is -1.98. The van der Waals surface area contributed by atoms with Crippen LogP contribution in [0, 0.1) is 5.21 Å². The lowest BCUT2D eigenvalue weighted by atomic mass is 10.3. The van der Waals surface area contributed by atoms with Crippen molar-refractivity contribution < 1.29 is 14.9 Å². The Morgan fingerprint density at radius 1 is 1.50 bits per heavy atom. The molecule has 0 aromatic carbocycles. The van der Waals surface area contributed by atoms with Gasteiger partial charge in [0.2, 0.25) is 6.33 Å². The second kappa shape index (κ2) is 2.68. The minimum atomic E-state index is -0.358. The van der Waals surface area contributed by atoms with E-state index in [4.69, 9.17) is 10.2 Å². The van der Waals surface area contributed by atoms with Crippen LogP contribution in [-0.4, -0.2) is 15.2 Å². The summed E-state index contributed by atoms with van der Waals surface area (Å²) in [7, 11) is 0. The van der Waals surface area contributed by atoms with Crippen molar-refractivity contribution in [1.29, 1.82) is 0 Å². The molecule has 0 aliphatic rings. The van der Waals surface area contributed by atoms with Gasteiger partial charge in [-0.25, -0.2) is 9.71 Å². The van der Waals surface area contributed by atoms with Crippen molar-refractivity contribution in [2.75, 3.05) is 0 Å². The summed E-state index contributed by atoms with van der Waals surface area (Å²) < 4.78 is 0.492. The number of rotatable bonds is 2. The van der Waals surface area contributed by atoms with Crippen LogP contribution in [0.5, 0.6) is 0 Å². The minimum Gasteiger partial charge on any atom is -0.711 e. The first-order chi connectivity index (χ1) is 4.79. The van der Waals surface area contributed by atoms with Crippen molar-refractivity contribution in [3.8, 4) is 0 Å². The van der Waals surface area contributed by atoms with Gasteiger partial charge in [0.25, 0.3) is 0 Å². The molecule has 56 valence electrons. The Kier molecular flexibility index (Phi) is 1.88. The predicted octanol–water partition coefficient (Wildman–Crippen LogP) is -1.37. The van der Waals surface area contributed by atoms with Crippen LogP contribution in [-0.2, 0) is 13.2 Å². The second-order valence-electron chi connectivity index (χ2n) is 1.84. The molecule has 0 amide bonds. The van der Waals surface area contributed by atoms with Gasteiger partial charge in [-0.15, -0.1) is 0 Å². The Morgan fingerprint density at radius 2 is 2.20 bits per heavy atom. The third kappa shape index (κ3) is 0.960. The van der Waals surface area contributed by atoms with E-state index < -0.39 is 0 Å². The molecule has 0 atom stereocenters. The summed E-state index contributed by atoms with van der Waals surface area (Å²) in [6.07, 6.45) is 1.14. The van der Waals surface area contributed by atoms with Crippen molar-refractivity contribution in [1.82, 2.24) is 4.98 Å². The van der Waals surface area contributed by atoms with Crippen molar-refractivity contribution in [2.45, 2.75) is 13.2 Å². The zero-order valence-corrected chi connectivity index (χ0v) is 5.24. The summed E-state index contributed by atoms with van der Waals surface area (Å²) in [5.41, 5.74) is 0.528. The van der Waals surface area contributed by atoms with Crippen LogP contribution >= 0.6 is 0 Å². The average molecular weight is 144 g/mol. The van der Waals surface area contributed by atoms with Crippen LogP contribution in [0.15, 0.2) is 6.33 Å². The first-order valence-electron chi connectivity index (χ1n) is 2.79. The molecule has 0 radical (unpaired) electrons. The van der Waals surface area contributed by atoms with E-state index in [1.807, 2.05) is 0 Å². The summed E-state index contributed by atoms with van der Waals surface area (Å²) in [5.74, 6) is 0. The van der Waals surface area contributed by atoms with Crippen LogP contribution in [0.25, 0.3) is 0 Å². The standard InChI is InChI=1S/C5H8N2O3/c8-1-4-5(2-9)7(10)3-6-4/h3,6,8-9H,1-2H2. The van der Waals surface area contributed by atoms with Gasteiger partial charge in [0.15, 0.2) is 11.4 Å². The van der Waals surface area contributed by atoms with E-state index in [0.29, 0.717) is 10.4 Å². The minimum absolute atomic E-state index is 0.169. The van der Waals surface area contributed by atoms with Gasteiger partial charge in [-0.2, -0.15) is 0 Å². The SMILES string of the molecule is [O-][n+]1c[nH]c(CO)c1CO. The molecule has 0 fully saturated rings. The first-order valence-corrected chi connectivity index (χ1v) is 2.79. The molecule has 0 aliphatic carbocycles. The summed E-state index contributed by atoms with van der Waals surface area (Å²) in [6.45, 7) is -0.617. The summed E-state index contributed by atoms with van der Waals surface area (Å²) in [6, 6.07) is 0. The molecular weight excluding hydrogens is 136 g/mol. The largest absolute Gasteiger partial charge is 0.711 e. The van der Waals surface area contributed by atoms with E-state index >= 15 is 0 Å². The van der Waals surface area contributed by atoms with Crippen LogP contribution in [0.4, 0.5) is 0 Å². The van der Waals surface area contributed by atoms with Gasteiger partial charge in [0.05, 0.1) is 0 Å². The molecule has 0 aliphatic heterocycles. The Morgan fingerprint density at radius 3 is 2.60 bits per heavy atom. The van der Waals surface area contributed by atoms with Gasteiger partial charge >= 0.3 is 0 Å². The Bertz CT molecular complexity index is 221. The highest BCUT2D eigenvalue weighted by atomic mass is 16.5. The highest BCUT2D eigenvalue weighted by Gasteiger charge is 2.10. The number of imidazole rings is 1. The zero-order valence-electron chi connectivity index (χ0n) is 5.24. The van der Waals surface area contributed by atoms with Crippen molar-refractivity contribution in [3.05, 3.63) is 22.9 Å². The molecule has 1 rings (SSSR count). The maximum atomic E-state index is 10.6. The number of nitrogens with zero attached hydrogens (tertiary/aromatic N) is 1. The fraction of sp³-hybridized carbons (Fsp3) is 0.400. The molecule has 1 aromatic rings. The van der Waals surface area contributed by atoms with Crippen LogP contribution in [0.2, 0.25) is 0 Å². The molecule has 5 nitrogen and oxygen atoms in total. The number of H-pyrrole nitrogens is 1. The Balaban J connectivity index is 3.01. The van der Waals surface area contributed by atoms with E-state index in [1.54, 1.807) is 0 Å². The van der Waals surface area contributed by atoms with Gasteiger partial charge in [-0.05, 0) is 0 Å². The molecule has 0 saturated carbocycles. The van der Waals surface area contributed by atoms with Crippen molar-refractivity contribution in [2.24, 2.45) is 0 Å². The summed E-state index contributed by atoms with van der Waals surface area (Å²) in [5, 5.41) is 27.8. The van der Waals surface area contributed by atoms with Crippen molar-refractivity contribution >= 4 is 0 Å². The number of aromatic amines is 1. The summed E-state index contributed by atoms with van der Waals surface area (Å²) >= 11 is 0. The van der Waals surface area contributed by atoms with Crippen LogP contribution in [0.1, 0.15) is 11.4 Å².